The Morgan fingerprint density at radius 3 is 2.11 bits per heavy atom. The van der Waals surface area contributed by atoms with Crippen molar-refractivity contribution in [2.75, 3.05) is 20.0 Å². The van der Waals surface area contributed by atoms with Crippen molar-refractivity contribution in [2.24, 2.45) is 0 Å². The Balaban J connectivity index is 1.80. The number of carbonyl (C=O) groups is 1. The number of hydrogen-bond acceptors (Lipinski definition) is 6. The van der Waals surface area contributed by atoms with E-state index in [1.165, 1.54) is 19.2 Å². The van der Waals surface area contributed by atoms with Crippen molar-refractivity contribution >= 4 is 27.7 Å². The Hall–Kier alpha value is -2.25. The molecule has 2 aromatic carbocycles. The molecule has 0 saturated heterocycles. The van der Waals surface area contributed by atoms with Crippen molar-refractivity contribution in [3.8, 4) is 11.5 Å². The van der Waals surface area contributed by atoms with Gasteiger partial charge in [-0.25, -0.2) is 0 Å². The van der Waals surface area contributed by atoms with E-state index in [1.807, 2.05) is 24.3 Å². The fraction of sp³-hybridized carbons (Fsp3) is 0.316. The summed E-state index contributed by atoms with van der Waals surface area (Å²) in [6, 6.07) is 14.1. The molecule has 1 atom stereocenters. The predicted molar refractivity (Wildman–Crippen MR) is 103 cm³/mol. The van der Waals surface area contributed by atoms with Crippen LogP contribution in [0.2, 0.25) is 0 Å². The van der Waals surface area contributed by atoms with Crippen LogP contribution in [0.25, 0.3) is 0 Å². The zero-order chi connectivity index (χ0) is 19.9. The lowest BCUT2D eigenvalue weighted by Crippen LogP contribution is -2.18. The fourth-order valence-electron chi connectivity index (χ4n) is 2.31. The van der Waals surface area contributed by atoms with Gasteiger partial charge in [-0.1, -0.05) is 24.3 Å². The molecule has 27 heavy (non-hydrogen) atoms. The molecule has 0 heterocycles. The van der Waals surface area contributed by atoms with Gasteiger partial charge in [0.25, 0.3) is 0 Å². The van der Waals surface area contributed by atoms with E-state index in [-0.39, 0.29) is 5.75 Å². The highest BCUT2D eigenvalue weighted by Crippen LogP contribution is 2.19. The third-order valence-electron chi connectivity index (χ3n) is 3.63. The summed E-state index contributed by atoms with van der Waals surface area (Å²) in [4.78, 5) is 11.3. The lowest BCUT2D eigenvalue weighted by atomic mass is 10.1. The number of rotatable bonds is 9. The topological polar surface area (TPSA) is 78.9 Å². The SMILES string of the molecule is COC(=O)[C@@H](Cl)Cc1ccc(CCOc2ccc(OS(C)(=O)=O)cc2)cc1. The third kappa shape index (κ3) is 7.48. The highest BCUT2D eigenvalue weighted by molar-refractivity contribution is 7.86. The molecule has 6 nitrogen and oxygen atoms in total. The van der Waals surface area contributed by atoms with Crippen LogP contribution in [0.5, 0.6) is 11.5 Å². The number of esters is 1. The Bertz CT molecular complexity index is 847. The monoisotopic (exact) mass is 412 g/mol. The van der Waals surface area contributed by atoms with Crippen molar-refractivity contribution in [1.82, 2.24) is 0 Å². The molecule has 0 aliphatic heterocycles. The largest absolute Gasteiger partial charge is 0.493 e. The summed E-state index contributed by atoms with van der Waals surface area (Å²) < 4.78 is 37.2. The summed E-state index contributed by atoms with van der Waals surface area (Å²) in [5, 5.41) is -0.696. The van der Waals surface area contributed by atoms with E-state index in [1.54, 1.807) is 12.1 Å². The number of hydrogen-bond donors (Lipinski definition) is 0. The van der Waals surface area contributed by atoms with Crippen molar-refractivity contribution in [3.63, 3.8) is 0 Å². The van der Waals surface area contributed by atoms with Gasteiger partial charge < -0.3 is 13.7 Å². The summed E-state index contributed by atoms with van der Waals surface area (Å²) in [5.41, 5.74) is 2.03. The Morgan fingerprint density at radius 1 is 1.00 bits per heavy atom. The minimum absolute atomic E-state index is 0.241. The van der Waals surface area contributed by atoms with Crippen LogP contribution >= 0.6 is 11.6 Å². The van der Waals surface area contributed by atoms with Crippen LogP contribution in [0.4, 0.5) is 0 Å². The Morgan fingerprint density at radius 2 is 1.56 bits per heavy atom. The molecule has 0 aromatic heterocycles. The maximum Gasteiger partial charge on any atom is 0.324 e. The summed E-state index contributed by atoms with van der Waals surface area (Å²) >= 11 is 5.97. The number of methoxy groups -OCH3 is 1. The van der Waals surface area contributed by atoms with E-state index in [2.05, 4.69) is 4.74 Å². The van der Waals surface area contributed by atoms with E-state index in [9.17, 15) is 13.2 Å². The smallest absolute Gasteiger partial charge is 0.324 e. The van der Waals surface area contributed by atoms with Gasteiger partial charge in [0.2, 0.25) is 0 Å². The maximum absolute atomic E-state index is 11.3. The summed E-state index contributed by atoms with van der Waals surface area (Å²) in [5.74, 6) is 0.419. The zero-order valence-electron chi connectivity index (χ0n) is 15.1. The molecule has 0 bridgehead atoms. The normalized spacial score (nSPS) is 12.3. The van der Waals surface area contributed by atoms with E-state index < -0.39 is 21.5 Å². The molecule has 8 heteroatoms. The molecule has 0 N–H and O–H groups in total. The standard InChI is InChI=1S/C19H21ClO6S/c1-24-19(21)18(20)13-15-5-3-14(4-6-15)11-12-25-16-7-9-17(10-8-16)26-27(2,22)23/h3-10,18H,11-13H2,1-2H3/t18-/m0/s1. The summed E-state index contributed by atoms with van der Waals surface area (Å²) in [6.07, 6.45) is 2.10. The molecule has 2 aromatic rings. The molecule has 0 fully saturated rings. The first kappa shape index (κ1) is 21.1. The highest BCUT2D eigenvalue weighted by Gasteiger charge is 2.15. The molecular weight excluding hydrogens is 392 g/mol. The van der Waals surface area contributed by atoms with Gasteiger partial charge in [-0.2, -0.15) is 8.42 Å². The summed E-state index contributed by atoms with van der Waals surface area (Å²) in [7, 11) is -2.22. The van der Waals surface area contributed by atoms with E-state index in [4.69, 9.17) is 20.5 Å². The molecule has 146 valence electrons. The number of carbonyl (C=O) groups excluding carboxylic acids is 1. The van der Waals surface area contributed by atoms with E-state index in [0.29, 0.717) is 25.2 Å². The number of alkyl halides is 1. The molecule has 2 rings (SSSR count). The zero-order valence-corrected chi connectivity index (χ0v) is 16.6. The first-order valence-corrected chi connectivity index (χ1v) is 10.4. The van der Waals surface area contributed by atoms with Gasteiger partial charge in [-0.3, -0.25) is 4.79 Å². The average molecular weight is 413 g/mol. The molecule has 0 unspecified atom stereocenters. The second-order valence-corrected chi connectivity index (χ2v) is 7.97. The first-order valence-electron chi connectivity index (χ1n) is 8.19. The van der Waals surface area contributed by atoms with E-state index in [0.717, 1.165) is 17.4 Å². The van der Waals surface area contributed by atoms with Gasteiger partial charge in [-0.05, 0) is 41.8 Å². The number of ether oxygens (including phenoxy) is 2. The number of benzene rings is 2. The molecule has 0 radical (unpaired) electrons. The van der Waals surface area contributed by atoms with Crippen molar-refractivity contribution < 1.29 is 26.9 Å². The minimum atomic E-state index is -3.54. The van der Waals surface area contributed by atoms with Crippen molar-refractivity contribution in [1.29, 1.82) is 0 Å². The van der Waals surface area contributed by atoms with Crippen LogP contribution in [0.15, 0.2) is 48.5 Å². The molecular formula is C19H21ClO6S. The Labute approximate surface area is 164 Å². The summed E-state index contributed by atoms with van der Waals surface area (Å²) in [6.45, 7) is 0.464. The van der Waals surface area contributed by atoms with Crippen LogP contribution in [-0.2, 0) is 32.5 Å². The quantitative estimate of drug-likeness (QED) is 0.358. The van der Waals surface area contributed by atoms with Crippen molar-refractivity contribution in [3.05, 3.63) is 59.7 Å². The molecule has 0 aliphatic rings. The van der Waals surface area contributed by atoms with Crippen LogP contribution in [-0.4, -0.2) is 39.7 Å². The van der Waals surface area contributed by atoms with Crippen molar-refractivity contribution in [2.45, 2.75) is 18.2 Å². The van der Waals surface area contributed by atoms with Crippen LogP contribution in [0.1, 0.15) is 11.1 Å². The highest BCUT2D eigenvalue weighted by atomic mass is 35.5. The number of halogens is 1. The third-order valence-corrected chi connectivity index (χ3v) is 4.45. The molecule has 0 amide bonds. The fourth-order valence-corrected chi connectivity index (χ4v) is 3.04. The minimum Gasteiger partial charge on any atom is -0.493 e. The predicted octanol–water partition coefficient (Wildman–Crippen LogP) is 2.97. The van der Waals surface area contributed by atoms with Gasteiger partial charge in [-0.15, -0.1) is 11.6 Å². The maximum atomic E-state index is 11.3. The van der Waals surface area contributed by atoms with Crippen LogP contribution in [0, 0.1) is 0 Å². The van der Waals surface area contributed by atoms with Crippen LogP contribution in [0.3, 0.4) is 0 Å². The second-order valence-electron chi connectivity index (χ2n) is 5.87. The lowest BCUT2D eigenvalue weighted by Gasteiger charge is -2.09. The van der Waals surface area contributed by atoms with Gasteiger partial charge in [0, 0.05) is 6.42 Å². The van der Waals surface area contributed by atoms with Gasteiger partial charge in [0.1, 0.15) is 16.9 Å². The first-order chi connectivity index (χ1) is 12.8. The Kier molecular flexibility index (Phi) is 7.50. The second kappa shape index (κ2) is 9.62. The molecule has 0 aliphatic carbocycles. The van der Waals surface area contributed by atoms with Gasteiger partial charge in [0.15, 0.2) is 0 Å². The molecule has 0 spiro atoms. The lowest BCUT2D eigenvalue weighted by molar-refractivity contribution is -0.140. The van der Waals surface area contributed by atoms with Gasteiger partial charge in [0.05, 0.1) is 20.0 Å². The van der Waals surface area contributed by atoms with Crippen LogP contribution < -0.4 is 8.92 Å². The van der Waals surface area contributed by atoms with Gasteiger partial charge >= 0.3 is 16.1 Å². The van der Waals surface area contributed by atoms with E-state index >= 15 is 0 Å². The average Bonchev–Trinajstić information content (AvgIpc) is 2.62. The molecule has 0 saturated carbocycles.